The summed E-state index contributed by atoms with van der Waals surface area (Å²) in [5, 5.41) is 4.44. The van der Waals surface area contributed by atoms with E-state index in [2.05, 4.69) is 5.32 Å². The lowest BCUT2D eigenvalue weighted by Crippen LogP contribution is -2.50. The summed E-state index contributed by atoms with van der Waals surface area (Å²) in [6.45, 7) is 1.92. The molecule has 140 valence electrons. The van der Waals surface area contributed by atoms with Gasteiger partial charge in [0.05, 0.1) is 10.6 Å². The highest BCUT2D eigenvalue weighted by atomic mass is 32.2. The summed E-state index contributed by atoms with van der Waals surface area (Å²) >= 11 is 1.32. The number of carbonyl (C=O) groups is 1. The summed E-state index contributed by atoms with van der Waals surface area (Å²) in [7, 11) is -3.42. The predicted molar refractivity (Wildman–Crippen MR) is 101 cm³/mol. The van der Waals surface area contributed by atoms with Crippen LogP contribution in [0.3, 0.4) is 0 Å². The van der Waals surface area contributed by atoms with Gasteiger partial charge < -0.3 is 10.2 Å². The van der Waals surface area contributed by atoms with Crippen LogP contribution in [0.25, 0.3) is 0 Å². The Bertz CT molecular complexity index is 831. The van der Waals surface area contributed by atoms with E-state index >= 15 is 0 Å². The zero-order valence-electron chi connectivity index (χ0n) is 14.1. The van der Waals surface area contributed by atoms with E-state index < -0.39 is 10.0 Å². The Labute approximate surface area is 156 Å². The predicted octanol–water partition coefficient (Wildman–Crippen LogP) is 1.77. The molecule has 1 N–H and O–H groups in total. The Morgan fingerprint density at radius 1 is 1.12 bits per heavy atom. The van der Waals surface area contributed by atoms with Crippen LogP contribution in [0.1, 0.15) is 9.67 Å². The number of thiophene rings is 1. The van der Waals surface area contributed by atoms with E-state index in [-0.39, 0.29) is 24.0 Å². The molecule has 0 radical (unpaired) electrons. The van der Waals surface area contributed by atoms with Crippen LogP contribution in [0.15, 0.2) is 41.8 Å². The Kier molecular flexibility index (Phi) is 5.90. The summed E-state index contributed by atoms with van der Waals surface area (Å²) in [6, 6.07) is 9.66. The highest BCUT2D eigenvalue weighted by molar-refractivity contribution is 7.89. The molecule has 0 atom stereocenters. The molecule has 0 bridgehead atoms. The smallest absolute Gasteiger partial charge is 0.261 e. The van der Waals surface area contributed by atoms with Crippen LogP contribution in [0.4, 0.5) is 10.1 Å². The van der Waals surface area contributed by atoms with E-state index in [1.807, 2.05) is 4.90 Å². The van der Waals surface area contributed by atoms with Crippen LogP contribution in [0.5, 0.6) is 0 Å². The first-order chi connectivity index (χ1) is 12.5. The van der Waals surface area contributed by atoms with Crippen molar-refractivity contribution in [3.8, 4) is 0 Å². The van der Waals surface area contributed by atoms with Gasteiger partial charge in [0.15, 0.2) is 0 Å². The van der Waals surface area contributed by atoms with E-state index in [1.54, 1.807) is 29.6 Å². The number of sulfonamides is 1. The highest BCUT2D eigenvalue weighted by Gasteiger charge is 2.27. The number of carbonyl (C=O) groups excluding carboxylic acids is 1. The molecule has 1 aliphatic rings. The number of hydrogen-bond acceptors (Lipinski definition) is 5. The normalized spacial score (nSPS) is 15.8. The first-order valence-corrected chi connectivity index (χ1v) is 10.7. The standard InChI is InChI=1S/C17H20FN3O3S2/c18-14-3-5-15(6-4-14)20-8-10-21(11-9-20)26(23,24)13-7-19-17(22)16-2-1-12-25-16/h1-6,12H,7-11,13H2,(H,19,22). The minimum atomic E-state index is -3.42. The summed E-state index contributed by atoms with van der Waals surface area (Å²) < 4.78 is 39.4. The van der Waals surface area contributed by atoms with Crippen LogP contribution >= 0.6 is 11.3 Å². The molecule has 9 heteroatoms. The van der Waals surface area contributed by atoms with Crippen molar-refractivity contribution in [2.75, 3.05) is 43.4 Å². The molecule has 3 rings (SSSR count). The molecule has 26 heavy (non-hydrogen) atoms. The van der Waals surface area contributed by atoms with Gasteiger partial charge in [-0.3, -0.25) is 4.79 Å². The summed E-state index contributed by atoms with van der Waals surface area (Å²) in [6.07, 6.45) is 0. The Morgan fingerprint density at radius 3 is 2.42 bits per heavy atom. The Morgan fingerprint density at radius 2 is 1.81 bits per heavy atom. The monoisotopic (exact) mass is 397 g/mol. The second-order valence-corrected chi connectivity index (χ2v) is 8.95. The number of piperazine rings is 1. The van der Waals surface area contributed by atoms with Gasteiger partial charge in [-0.1, -0.05) is 6.07 Å². The van der Waals surface area contributed by atoms with Gasteiger partial charge in [-0.05, 0) is 35.7 Å². The first kappa shape index (κ1) is 18.8. The minimum Gasteiger partial charge on any atom is -0.369 e. The number of nitrogens with zero attached hydrogens (tertiary/aromatic N) is 2. The van der Waals surface area contributed by atoms with Gasteiger partial charge in [-0.25, -0.2) is 12.8 Å². The molecular formula is C17H20FN3O3S2. The Balaban J connectivity index is 1.48. The van der Waals surface area contributed by atoms with Gasteiger partial charge >= 0.3 is 0 Å². The van der Waals surface area contributed by atoms with Gasteiger partial charge in [-0.2, -0.15) is 4.31 Å². The number of hydrogen-bond donors (Lipinski definition) is 1. The number of halogens is 1. The van der Waals surface area contributed by atoms with Crippen LogP contribution < -0.4 is 10.2 Å². The van der Waals surface area contributed by atoms with Crippen molar-refractivity contribution < 1.29 is 17.6 Å². The lowest BCUT2D eigenvalue weighted by molar-refractivity contribution is 0.0960. The van der Waals surface area contributed by atoms with Crippen molar-refractivity contribution in [1.82, 2.24) is 9.62 Å². The van der Waals surface area contributed by atoms with E-state index in [0.29, 0.717) is 31.1 Å². The van der Waals surface area contributed by atoms with Gasteiger partial charge in [0, 0.05) is 38.4 Å². The number of rotatable bonds is 6. The number of nitrogens with one attached hydrogen (secondary N) is 1. The van der Waals surface area contributed by atoms with Crippen molar-refractivity contribution in [3.05, 3.63) is 52.5 Å². The molecular weight excluding hydrogens is 377 g/mol. The van der Waals surface area contributed by atoms with Gasteiger partial charge in [0.2, 0.25) is 10.0 Å². The van der Waals surface area contributed by atoms with E-state index in [9.17, 15) is 17.6 Å². The molecule has 0 saturated carbocycles. The van der Waals surface area contributed by atoms with Crippen molar-refractivity contribution >= 4 is 33.0 Å². The first-order valence-electron chi connectivity index (χ1n) is 8.26. The molecule has 2 aromatic rings. The topological polar surface area (TPSA) is 69.7 Å². The number of benzene rings is 1. The van der Waals surface area contributed by atoms with Gasteiger partial charge in [-0.15, -0.1) is 11.3 Å². The number of amides is 1. The fraction of sp³-hybridized carbons (Fsp3) is 0.353. The van der Waals surface area contributed by atoms with Crippen molar-refractivity contribution in [2.45, 2.75) is 0 Å². The van der Waals surface area contributed by atoms with Gasteiger partial charge in [0.1, 0.15) is 5.82 Å². The molecule has 0 unspecified atom stereocenters. The molecule has 0 spiro atoms. The SMILES string of the molecule is O=C(NCCS(=O)(=O)N1CCN(c2ccc(F)cc2)CC1)c1cccs1. The molecule has 1 amide bonds. The fourth-order valence-electron chi connectivity index (χ4n) is 2.79. The molecule has 1 aromatic heterocycles. The second-order valence-electron chi connectivity index (χ2n) is 5.91. The molecule has 0 aliphatic carbocycles. The summed E-state index contributed by atoms with van der Waals surface area (Å²) in [5.41, 5.74) is 0.881. The average molecular weight is 397 g/mol. The summed E-state index contributed by atoms with van der Waals surface area (Å²) in [4.78, 5) is 14.4. The maximum absolute atomic E-state index is 13.0. The third-order valence-corrected chi connectivity index (χ3v) is 6.95. The van der Waals surface area contributed by atoms with Crippen LogP contribution in [0, 0.1) is 5.82 Å². The quantitative estimate of drug-likeness (QED) is 0.807. The Hall–Kier alpha value is -1.97. The van der Waals surface area contributed by atoms with Crippen LogP contribution in [0.2, 0.25) is 0 Å². The molecule has 1 saturated heterocycles. The van der Waals surface area contributed by atoms with E-state index in [1.165, 1.54) is 27.8 Å². The van der Waals surface area contributed by atoms with Crippen molar-refractivity contribution in [2.24, 2.45) is 0 Å². The summed E-state index contributed by atoms with van der Waals surface area (Å²) in [5.74, 6) is -0.670. The average Bonchev–Trinajstić information content (AvgIpc) is 3.17. The molecule has 6 nitrogen and oxygen atoms in total. The second kappa shape index (κ2) is 8.15. The molecule has 1 fully saturated rings. The van der Waals surface area contributed by atoms with E-state index in [4.69, 9.17) is 0 Å². The maximum Gasteiger partial charge on any atom is 0.261 e. The van der Waals surface area contributed by atoms with Crippen molar-refractivity contribution in [3.63, 3.8) is 0 Å². The number of anilines is 1. The largest absolute Gasteiger partial charge is 0.369 e. The zero-order chi connectivity index (χ0) is 18.6. The third-order valence-electron chi connectivity index (χ3n) is 4.21. The van der Waals surface area contributed by atoms with Gasteiger partial charge in [0.25, 0.3) is 5.91 Å². The zero-order valence-corrected chi connectivity index (χ0v) is 15.7. The molecule has 1 aliphatic heterocycles. The lowest BCUT2D eigenvalue weighted by Gasteiger charge is -2.35. The lowest BCUT2D eigenvalue weighted by atomic mass is 10.2. The fourth-order valence-corrected chi connectivity index (χ4v) is 4.77. The van der Waals surface area contributed by atoms with Crippen LogP contribution in [-0.4, -0.2) is 57.1 Å². The highest BCUT2D eigenvalue weighted by Crippen LogP contribution is 2.18. The molecule has 2 heterocycles. The molecule has 1 aromatic carbocycles. The maximum atomic E-state index is 13.0. The van der Waals surface area contributed by atoms with Crippen LogP contribution in [-0.2, 0) is 10.0 Å². The van der Waals surface area contributed by atoms with Crippen molar-refractivity contribution in [1.29, 1.82) is 0 Å². The third kappa shape index (κ3) is 4.60. The minimum absolute atomic E-state index is 0.0806. The van der Waals surface area contributed by atoms with E-state index in [0.717, 1.165) is 5.69 Å².